The van der Waals surface area contributed by atoms with E-state index in [2.05, 4.69) is 20.1 Å². The first-order valence-electron chi connectivity index (χ1n) is 8.08. The first-order chi connectivity index (χ1) is 12.4. The van der Waals surface area contributed by atoms with Crippen molar-refractivity contribution in [2.24, 2.45) is 5.41 Å². The maximum absolute atomic E-state index is 13.1. The summed E-state index contributed by atoms with van der Waals surface area (Å²) in [5.41, 5.74) is 0.414. The van der Waals surface area contributed by atoms with Crippen LogP contribution in [0.15, 0.2) is 24.3 Å². The molecule has 0 aliphatic carbocycles. The van der Waals surface area contributed by atoms with Crippen molar-refractivity contribution in [3.63, 3.8) is 0 Å². The minimum Gasteiger partial charge on any atom is -0.395 e. The summed E-state index contributed by atoms with van der Waals surface area (Å²) in [5.74, 6) is -0.830. The number of benzene rings is 1. The molecule has 2 heterocycles. The lowest BCUT2D eigenvalue weighted by molar-refractivity contribution is -0.286. The van der Waals surface area contributed by atoms with E-state index >= 15 is 0 Å². The summed E-state index contributed by atoms with van der Waals surface area (Å²) < 4.78 is 34.8. The molecule has 9 heteroatoms. The van der Waals surface area contributed by atoms with Crippen LogP contribution in [0.4, 0.5) is 19.5 Å². The van der Waals surface area contributed by atoms with Crippen molar-refractivity contribution in [1.29, 1.82) is 0 Å². The van der Waals surface area contributed by atoms with Crippen LogP contribution >= 0.6 is 11.3 Å². The monoisotopic (exact) mass is 396 g/mol. The number of fused-ring (bicyclic) bond motifs is 1. The second-order valence-electron chi connectivity index (χ2n) is 7.11. The number of carbonyl (C=O) groups excluding carboxylic acids is 2. The van der Waals surface area contributed by atoms with Crippen LogP contribution in [0, 0.1) is 12.3 Å². The fourth-order valence-corrected chi connectivity index (χ4v) is 3.25. The van der Waals surface area contributed by atoms with Crippen molar-refractivity contribution in [2.45, 2.75) is 34.0 Å². The standard InChI is InChI=1S/C18H18F2N2O4S/c1-9-7-13(22-16(24)17(2,3)4)27-14(9)15(23)21-10-5-6-11-12(8-10)26-18(19,20)25-11/h5-8H,1-4H3,(H,21,23)(H,22,24). The average Bonchev–Trinajstić information content (AvgIpc) is 3.03. The van der Waals surface area contributed by atoms with Crippen molar-refractivity contribution >= 4 is 33.8 Å². The summed E-state index contributed by atoms with van der Waals surface area (Å²) in [4.78, 5) is 25.0. The van der Waals surface area contributed by atoms with Gasteiger partial charge in [0.05, 0.1) is 9.88 Å². The number of amides is 2. The van der Waals surface area contributed by atoms with Crippen LogP contribution < -0.4 is 20.1 Å². The Labute approximate surface area is 158 Å². The molecule has 0 bridgehead atoms. The summed E-state index contributed by atoms with van der Waals surface area (Å²) in [6.07, 6.45) is -3.71. The van der Waals surface area contributed by atoms with Crippen LogP contribution in [0.2, 0.25) is 0 Å². The van der Waals surface area contributed by atoms with Crippen LogP contribution in [0.5, 0.6) is 11.5 Å². The van der Waals surface area contributed by atoms with E-state index in [1.165, 1.54) is 18.2 Å². The number of ether oxygens (including phenoxy) is 2. The number of carbonyl (C=O) groups is 2. The third-order valence-corrected chi connectivity index (χ3v) is 4.85. The van der Waals surface area contributed by atoms with Gasteiger partial charge in [-0.05, 0) is 30.7 Å². The number of hydrogen-bond donors (Lipinski definition) is 2. The fraction of sp³-hybridized carbons (Fsp3) is 0.333. The van der Waals surface area contributed by atoms with Crippen LogP contribution in [0.25, 0.3) is 0 Å². The molecule has 0 atom stereocenters. The average molecular weight is 396 g/mol. The Bertz CT molecular complexity index is 919. The lowest BCUT2D eigenvalue weighted by atomic mass is 9.96. The Balaban J connectivity index is 1.73. The van der Waals surface area contributed by atoms with Crippen molar-refractivity contribution < 1.29 is 27.8 Å². The molecular weight excluding hydrogens is 378 g/mol. The zero-order chi connectivity index (χ0) is 20.0. The summed E-state index contributed by atoms with van der Waals surface area (Å²) in [5, 5.41) is 5.97. The SMILES string of the molecule is Cc1cc(NC(=O)C(C)(C)C)sc1C(=O)Nc1ccc2c(c1)OC(F)(F)O2. The first kappa shape index (κ1) is 19.1. The van der Waals surface area contributed by atoms with Crippen LogP contribution in [0.3, 0.4) is 0 Å². The number of rotatable bonds is 3. The molecule has 1 aliphatic rings. The van der Waals surface area contributed by atoms with E-state index in [0.29, 0.717) is 15.4 Å². The maximum Gasteiger partial charge on any atom is 0.586 e. The second kappa shape index (κ2) is 6.49. The second-order valence-corrected chi connectivity index (χ2v) is 8.16. The van der Waals surface area contributed by atoms with E-state index < -0.39 is 17.6 Å². The van der Waals surface area contributed by atoms with Crippen molar-refractivity contribution in [3.8, 4) is 11.5 Å². The first-order valence-corrected chi connectivity index (χ1v) is 8.89. The van der Waals surface area contributed by atoms with Gasteiger partial charge in [0.2, 0.25) is 5.91 Å². The fourth-order valence-electron chi connectivity index (χ4n) is 2.28. The normalized spacial score (nSPS) is 14.7. The Hall–Kier alpha value is -2.68. The molecule has 0 spiro atoms. The summed E-state index contributed by atoms with van der Waals surface area (Å²) in [6.45, 7) is 7.12. The van der Waals surface area contributed by atoms with E-state index in [1.54, 1.807) is 33.8 Å². The number of thiophene rings is 1. The lowest BCUT2D eigenvalue weighted by Gasteiger charge is -2.16. The van der Waals surface area contributed by atoms with Gasteiger partial charge in [-0.25, -0.2) is 0 Å². The number of hydrogen-bond acceptors (Lipinski definition) is 5. The molecule has 0 saturated heterocycles. The number of halogens is 2. The van der Waals surface area contributed by atoms with Crippen molar-refractivity contribution in [2.75, 3.05) is 10.6 Å². The highest BCUT2D eigenvalue weighted by molar-refractivity contribution is 7.18. The van der Waals surface area contributed by atoms with Gasteiger partial charge in [0.15, 0.2) is 11.5 Å². The maximum atomic E-state index is 13.1. The highest BCUT2D eigenvalue weighted by Gasteiger charge is 2.43. The van der Waals surface area contributed by atoms with Crippen LogP contribution in [-0.2, 0) is 4.79 Å². The lowest BCUT2D eigenvalue weighted by Crippen LogP contribution is -2.27. The Morgan fingerprint density at radius 2 is 1.74 bits per heavy atom. The minimum atomic E-state index is -3.71. The van der Waals surface area contributed by atoms with Gasteiger partial charge in [-0.2, -0.15) is 0 Å². The van der Waals surface area contributed by atoms with Gasteiger partial charge in [0.25, 0.3) is 5.91 Å². The third-order valence-electron chi connectivity index (χ3n) is 3.70. The quantitative estimate of drug-likeness (QED) is 0.794. The molecule has 0 fully saturated rings. The largest absolute Gasteiger partial charge is 0.586 e. The zero-order valence-electron chi connectivity index (χ0n) is 15.1. The van der Waals surface area contributed by atoms with E-state index in [9.17, 15) is 18.4 Å². The molecule has 1 aliphatic heterocycles. The summed E-state index contributed by atoms with van der Waals surface area (Å²) >= 11 is 1.14. The van der Waals surface area contributed by atoms with Gasteiger partial charge in [-0.1, -0.05) is 20.8 Å². The van der Waals surface area contributed by atoms with Crippen molar-refractivity contribution in [3.05, 3.63) is 34.7 Å². The summed E-state index contributed by atoms with van der Waals surface area (Å²) in [7, 11) is 0. The summed E-state index contributed by atoms with van der Waals surface area (Å²) in [6, 6.07) is 5.71. The van der Waals surface area contributed by atoms with E-state index in [4.69, 9.17) is 0 Å². The highest BCUT2D eigenvalue weighted by Crippen LogP contribution is 2.42. The molecule has 2 aromatic rings. The van der Waals surface area contributed by atoms with Crippen molar-refractivity contribution in [1.82, 2.24) is 0 Å². The highest BCUT2D eigenvalue weighted by atomic mass is 32.1. The van der Waals surface area contributed by atoms with Gasteiger partial charge in [-0.15, -0.1) is 20.1 Å². The van der Waals surface area contributed by atoms with E-state index in [0.717, 1.165) is 11.3 Å². The number of alkyl halides is 2. The molecule has 6 nitrogen and oxygen atoms in total. The number of aryl methyl sites for hydroxylation is 1. The van der Waals surface area contributed by atoms with Gasteiger partial charge in [-0.3, -0.25) is 9.59 Å². The molecule has 2 amide bonds. The molecule has 1 aromatic carbocycles. The molecular formula is C18H18F2N2O4S. The van der Waals surface area contributed by atoms with E-state index in [1.807, 2.05) is 0 Å². The molecule has 27 heavy (non-hydrogen) atoms. The van der Waals surface area contributed by atoms with E-state index in [-0.39, 0.29) is 23.1 Å². The zero-order valence-corrected chi connectivity index (χ0v) is 15.9. The predicted octanol–water partition coefficient (Wildman–Crippen LogP) is 4.61. The number of anilines is 2. The van der Waals surface area contributed by atoms with Gasteiger partial charge in [0.1, 0.15) is 0 Å². The molecule has 0 unspecified atom stereocenters. The molecule has 0 radical (unpaired) electrons. The molecule has 0 saturated carbocycles. The van der Waals surface area contributed by atoms with Crippen LogP contribution in [-0.4, -0.2) is 18.1 Å². The smallest absolute Gasteiger partial charge is 0.395 e. The van der Waals surface area contributed by atoms with Crippen LogP contribution in [0.1, 0.15) is 36.0 Å². The Morgan fingerprint density at radius 1 is 1.07 bits per heavy atom. The minimum absolute atomic E-state index is 0.0996. The molecule has 1 aromatic heterocycles. The molecule has 144 valence electrons. The van der Waals surface area contributed by atoms with Gasteiger partial charge < -0.3 is 20.1 Å². The Kier molecular flexibility index (Phi) is 4.59. The Morgan fingerprint density at radius 3 is 2.41 bits per heavy atom. The molecule has 3 rings (SSSR count). The number of nitrogens with one attached hydrogen (secondary N) is 2. The molecule has 2 N–H and O–H groups in total. The van der Waals surface area contributed by atoms with Gasteiger partial charge in [0, 0.05) is 17.2 Å². The topological polar surface area (TPSA) is 76.7 Å². The third kappa shape index (κ3) is 4.19. The van der Waals surface area contributed by atoms with Gasteiger partial charge >= 0.3 is 6.29 Å². The predicted molar refractivity (Wildman–Crippen MR) is 97.7 cm³/mol.